The fourth-order valence-electron chi connectivity index (χ4n) is 1.62. The molecule has 0 unspecified atom stereocenters. The Bertz CT molecular complexity index is 502. The second kappa shape index (κ2) is 6.76. The number of nitrogens with one attached hydrogen (secondary N) is 1. The number of amides is 1. The first kappa shape index (κ1) is 14.1. The van der Waals surface area contributed by atoms with Gasteiger partial charge < -0.3 is 24.3 Å². The fourth-order valence-corrected chi connectivity index (χ4v) is 1.62. The maximum atomic E-state index is 11.6. The molecule has 1 aromatic rings. The molecule has 7 heteroatoms. The minimum absolute atomic E-state index is 0.183. The Morgan fingerprint density at radius 2 is 1.95 bits per heavy atom. The summed E-state index contributed by atoms with van der Waals surface area (Å²) in [4.78, 5) is 22.6. The van der Waals surface area contributed by atoms with Crippen molar-refractivity contribution in [2.75, 3.05) is 38.9 Å². The van der Waals surface area contributed by atoms with Crippen molar-refractivity contribution in [3.05, 3.63) is 18.2 Å². The van der Waals surface area contributed by atoms with Gasteiger partial charge >= 0.3 is 5.97 Å². The maximum absolute atomic E-state index is 11.6. The van der Waals surface area contributed by atoms with Crippen LogP contribution in [0.25, 0.3) is 0 Å². The predicted octanol–water partition coefficient (Wildman–Crippen LogP) is 0.586. The van der Waals surface area contributed by atoms with E-state index < -0.39 is 11.9 Å². The number of fused-ring (bicyclic) bond motifs is 1. The number of esters is 1. The smallest absolute Gasteiger partial charge is 0.332 e. The van der Waals surface area contributed by atoms with Gasteiger partial charge in [0.25, 0.3) is 5.91 Å². The van der Waals surface area contributed by atoms with E-state index in [0.717, 1.165) is 0 Å². The molecule has 20 heavy (non-hydrogen) atoms. The van der Waals surface area contributed by atoms with Gasteiger partial charge in [0.1, 0.15) is 19.8 Å². The number of carbonyl (C=O) groups excluding carboxylic acids is 2. The number of ether oxygens (including phenoxy) is 4. The highest BCUT2D eigenvalue weighted by Gasteiger charge is 2.13. The average molecular weight is 281 g/mol. The first-order valence-corrected chi connectivity index (χ1v) is 6.03. The topological polar surface area (TPSA) is 83.1 Å². The summed E-state index contributed by atoms with van der Waals surface area (Å²) < 4.78 is 20.0. The molecule has 2 rings (SSSR count). The number of methoxy groups -OCH3 is 1. The molecule has 0 aliphatic carbocycles. The Kier molecular flexibility index (Phi) is 4.78. The molecule has 1 aromatic carbocycles. The van der Waals surface area contributed by atoms with Gasteiger partial charge in [-0.15, -0.1) is 0 Å². The highest BCUT2D eigenvalue weighted by molar-refractivity contribution is 5.93. The van der Waals surface area contributed by atoms with E-state index in [4.69, 9.17) is 14.2 Å². The van der Waals surface area contributed by atoms with Crippen molar-refractivity contribution >= 4 is 17.6 Å². The first-order chi connectivity index (χ1) is 9.69. The van der Waals surface area contributed by atoms with E-state index in [1.54, 1.807) is 18.2 Å². The molecule has 0 radical (unpaired) electrons. The third kappa shape index (κ3) is 3.86. The molecule has 1 aliphatic heterocycles. The Morgan fingerprint density at radius 3 is 2.70 bits per heavy atom. The van der Waals surface area contributed by atoms with Gasteiger partial charge in [0.05, 0.1) is 0 Å². The summed E-state index contributed by atoms with van der Waals surface area (Å²) in [6.07, 6.45) is 0. The molecule has 7 nitrogen and oxygen atoms in total. The Hall–Kier alpha value is -2.28. The van der Waals surface area contributed by atoms with E-state index in [1.807, 2.05) is 0 Å². The van der Waals surface area contributed by atoms with E-state index in [2.05, 4.69) is 10.1 Å². The fraction of sp³-hybridized carbons (Fsp3) is 0.385. The van der Waals surface area contributed by atoms with Crippen molar-refractivity contribution in [3.63, 3.8) is 0 Å². The molecule has 1 aliphatic rings. The normalized spacial score (nSPS) is 12.7. The molecule has 1 N–H and O–H groups in total. The molecule has 0 aromatic heterocycles. The van der Waals surface area contributed by atoms with E-state index in [1.165, 1.54) is 7.11 Å². The maximum Gasteiger partial charge on any atom is 0.332 e. The van der Waals surface area contributed by atoms with Gasteiger partial charge in [-0.1, -0.05) is 0 Å². The zero-order chi connectivity index (χ0) is 14.4. The van der Waals surface area contributed by atoms with E-state index >= 15 is 0 Å². The molecular formula is C13H15NO6. The standard InChI is InChI=1S/C13H15NO6/c1-17-8-13(16)20-7-12(15)14-9-2-3-10-11(6-9)19-5-4-18-10/h2-3,6H,4-5,7-8H2,1H3,(H,14,15). The molecule has 0 spiro atoms. The van der Waals surface area contributed by atoms with Gasteiger partial charge in [-0.2, -0.15) is 0 Å². The predicted molar refractivity (Wildman–Crippen MR) is 68.9 cm³/mol. The quantitative estimate of drug-likeness (QED) is 0.795. The lowest BCUT2D eigenvalue weighted by Crippen LogP contribution is -2.22. The summed E-state index contributed by atoms with van der Waals surface area (Å²) in [5.74, 6) is 0.183. The molecule has 0 saturated carbocycles. The summed E-state index contributed by atoms with van der Waals surface area (Å²) in [6.45, 7) is 0.432. The first-order valence-electron chi connectivity index (χ1n) is 6.03. The monoisotopic (exact) mass is 281 g/mol. The lowest BCUT2D eigenvalue weighted by Gasteiger charge is -2.18. The summed E-state index contributed by atoms with van der Waals surface area (Å²) in [5.41, 5.74) is 0.544. The van der Waals surface area contributed by atoms with Gasteiger partial charge in [0.2, 0.25) is 0 Å². The molecule has 0 atom stereocenters. The van der Waals surface area contributed by atoms with Gasteiger partial charge in [0, 0.05) is 18.9 Å². The number of rotatable bonds is 5. The molecule has 0 fully saturated rings. The number of hydrogen-bond donors (Lipinski definition) is 1. The minimum atomic E-state index is -0.593. The highest BCUT2D eigenvalue weighted by atomic mass is 16.6. The van der Waals surface area contributed by atoms with Crippen LogP contribution in [-0.2, 0) is 19.1 Å². The van der Waals surface area contributed by atoms with Crippen LogP contribution in [0.1, 0.15) is 0 Å². The highest BCUT2D eigenvalue weighted by Crippen LogP contribution is 2.32. The summed E-state index contributed by atoms with van der Waals surface area (Å²) >= 11 is 0. The second-order valence-electron chi connectivity index (χ2n) is 4.00. The van der Waals surface area contributed by atoms with Crippen molar-refractivity contribution in [1.29, 1.82) is 0 Å². The zero-order valence-corrected chi connectivity index (χ0v) is 11.0. The summed E-state index contributed by atoms with van der Waals surface area (Å²) in [7, 11) is 1.37. The van der Waals surface area contributed by atoms with Gasteiger partial charge in [-0.25, -0.2) is 4.79 Å². The van der Waals surface area contributed by atoms with Gasteiger partial charge in [-0.05, 0) is 12.1 Å². The van der Waals surface area contributed by atoms with Crippen LogP contribution in [0.5, 0.6) is 11.5 Å². The van der Waals surface area contributed by atoms with E-state index in [-0.39, 0.29) is 13.2 Å². The Balaban J connectivity index is 1.86. The lowest BCUT2D eigenvalue weighted by molar-refractivity contribution is -0.150. The third-order valence-electron chi connectivity index (χ3n) is 2.45. The van der Waals surface area contributed by atoms with Crippen molar-refractivity contribution in [2.45, 2.75) is 0 Å². The minimum Gasteiger partial charge on any atom is -0.486 e. The average Bonchev–Trinajstić information content (AvgIpc) is 2.45. The van der Waals surface area contributed by atoms with Crippen molar-refractivity contribution in [2.24, 2.45) is 0 Å². The third-order valence-corrected chi connectivity index (χ3v) is 2.45. The van der Waals surface area contributed by atoms with Crippen LogP contribution in [-0.4, -0.2) is 45.4 Å². The number of benzene rings is 1. The SMILES string of the molecule is COCC(=O)OCC(=O)Nc1ccc2c(c1)OCCO2. The van der Waals surface area contributed by atoms with Crippen LogP contribution in [0.15, 0.2) is 18.2 Å². The summed E-state index contributed by atoms with van der Waals surface area (Å²) in [5, 5.41) is 2.60. The van der Waals surface area contributed by atoms with Gasteiger partial charge in [0.15, 0.2) is 18.1 Å². The number of anilines is 1. The number of carbonyl (C=O) groups is 2. The van der Waals surface area contributed by atoms with Crippen molar-refractivity contribution in [3.8, 4) is 11.5 Å². The zero-order valence-electron chi connectivity index (χ0n) is 11.0. The molecule has 1 amide bonds. The van der Waals surface area contributed by atoms with E-state index in [9.17, 15) is 9.59 Å². The van der Waals surface area contributed by atoms with Crippen LogP contribution in [0.2, 0.25) is 0 Å². The van der Waals surface area contributed by atoms with Crippen LogP contribution in [0.4, 0.5) is 5.69 Å². The molecule has 0 bridgehead atoms. The molecule has 108 valence electrons. The van der Waals surface area contributed by atoms with Crippen LogP contribution in [0, 0.1) is 0 Å². The van der Waals surface area contributed by atoms with Crippen molar-refractivity contribution < 1.29 is 28.5 Å². The Morgan fingerprint density at radius 1 is 1.20 bits per heavy atom. The van der Waals surface area contributed by atoms with Crippen LogP contribution in [0.3, 0.4) is 0 Å². The molecular weight excluding hydrogens is 266 g/mol. The number of hydrogen-bond acceptors (Lipinski definition) is 6. The summed E-state index contributed by atoms with van der Waals surface area (Å²) in [6, 6.07) is 5.05. The Labute approximate surface area is 115 Å². The van der Waals surface area contributed by atoms with E-state index in [0.29, 0.717) is 30.4 Å². The largest absolute Gasteiger partial charge is 0.486 e. The van der Waals surface area contributed by atoms with Gasteiger partial charge in [-0.3, -0.25) is 4.79 Å². The van der Waals surface area contributed by atoms with Crippen LogP contribution >= 0.6 is 0 Å². The molecule has 1 heterocycles. The second-order valence-corrected chi connectivity index (χ2v) is 4.00. The van der Waals surface area contributed by atoms with Crippen LogP contribution < -0.4 is 14.8 Å². The lowest BCUT2D eigenvalue weighted by atomic mass is 10.2. The van der Waals surface area contributed by atoms with Crippen molar-refractivity contribution in [1.82, 2.24) is 0 Å². The molecule has 0 saturated heterocycles.